The minimum atomic E-state index is 0.123. The van der Waals surface area contributed by atoms with Crippen LogP contribution in [0.25, 0.3) is 0 Å². The third-order valence-corrected chi connectivity index (χ3v) is 4.01. The van der Waals surface area contributed by atoms with E-state index in [-0.39, 0.29) is 17.4 Å². The van der Waals surface area contributed by atoms with Crippen molar-refractivity contribution in [3.63, 3.8) is 0 Å². The van der Waals surface area contributed by atoms with Gasteiger partial charge in [0.25, 0.3) is 0 Å². The molecule has 2 fully saturated rings. The third kappa shape index (κ3) is 3.80. The zero-order valence-electron chi connectivity index (χ0n) is 12.5. The van der Waals surface area contributed by atoms with E-state index in [1.165, 1.54) is 5.57 Å². The molecule has 2 rings (SSSR count). The number of hydrogen-bond donors (Lipinski definition) is 2. The highest BCUT2D eigenvalue weighted by atomic mass is 16.2. The summed E-state index contributed by atoms with van der Waals surface area (Å²) in [5.41, 5.74) is 1.33. The van der Waals surface area contributed by atoms with E-state index >= 15 is 0 Å². The molecule has 19 heavy (non-hydrogen) atoms. The maximum Gasteiger partial charge on any atom is 0.224 e. The molecule has 2 aliphatic rings. The maximum atomic E-state index is 11.7. The molecule has 2 aliphatic heterocycles. The maximum absolute atomic E-state index is 11.7. The van der Waals surface area contributed by atoms with Crippen LogP contribution in [0.1, 0.15) is 33.6 Å². The van der Waals surface area contributed by atoms with Gasteiger partial charge in [-0.05, 0) is 45.7 Å². The molecule has 2 unspecified atom stereocenters. The van der Waals surface area contributed by atoms with Crippen molar-refractivity contribution in [2.75, 3.05) is 26.2 Å². The first kappa shape index (κ1) is 14.5. The van der Waals surface area contributed by atoms with E-state index in [1.54, 1.807) is 0 Å². The summed E-state index contributed by atoms with van der Waals surface area (Å²) in [5.74, 6) is 0.449. The largest absolute Gasteiger partial charge is 0.354 e. The first-order valence-corrected chi connectivity index (χ1v) is 7.30. The summed E-state index contributed by atoms with van der Waals surface area (Å²) >= 11 is 0. The number of nitrogens with zero attached hydrogens (tertiary/aromatic N) is 1. The Morgan fingerprint density at radius 3 is 2.95 bits per heavy atom. The molecular formula is C15H27N3O. The Hall–Kier alpha value is -0.870. The highest BCUT2D eigenvalue weighted by Gasteiger charge is 2.40. The fraction of sp³-hybridized carbons (Fsp3) is 0.800. The van der Waals surface area contributed by atoms with Crippen molar-refractivity contribution < 1.29 is 4.79 Å². The summed E-state index contributed by atoms with van der Waals surface area (Å²) < 4.78 is 0. The second kappa shape index (κ2) is 5.63. The number of hydrogen-bond acceptors (Lipinski definition) is 3. The Kier molecular flexibility index (Phi) is 4.31. The van der Waals surface area contributed by atoms with Crippen LogP contribution in [0.4, 0.5) is 0 Å². The molecule has 4 heteroatoms. The van der Waals surface area contributed by atoms with Crippen LogP contribution in [-0.4, -0.2) is 48.6 Å². The summed E-state index contributed by atoms with van der Waals surface area (Å²) in [4.78, 5) is 14.2. The van der Waals surface area contributed by atoms with Crippen molar-refractivity contribution in [2.24, 2.45) is 5.92 Å². The van der Waals surface area contributed by atoms with Gasteiger partial charge in [0.2, 0.25) is 5.91 Å². The number of piperidine rings is 1. The van der Waals surface area contributed by atoms with Crippen LogP contribution in [0, 0.1) is 5.92 Å². The number of likely N-dealkylation sites (tertiary alicyclic amines) is 1. The summed E-state index contributed by atoms with van der Waals surface area (Å²) in [6, 6.07) is 0.382. The summed E-state index contributed by atoms with van der Waals surface area (Å²) in [6.45, 7) is 14.3. The van der Waals surface area contributed by atoms with Gasteiger partial charge in [-0.1, -0.05) is 6.58 Å². The molecule has 0 aliphatic carbocycles. The average molecular weight is 265 g/mol. The molecule has 2 heterocycles. The van der Waals surface area contributed by atoms with Crippen molar-refractivity contribution in [2.45, 2.75) is 45.2 Å². The fourth-order valence-electron chi connectivity index (χ4n) is 2.97. The molecule has 2 saturated heterocycles. The average Bonchev–Trinajstić information content (AvgIpc) is 2.69. The number of amides is 1. The molecule has 4 nitrogen and oxygen atoms in total. The third-order valence-electron chi connectivity index (χ3n) is 4.01. The van der Waals surface area contributed by atoms with Crippen LogP contribution in [-0.2, 0) is 4.79 Å². The minimum Gasteiger partial charge on any atom is -0.354 e. The molecule has 0 saturated carbocycles. The Balaban J connectivity index is 1.85. The van der Waals surface area contributed by atoms with E-state index < -0.39 is 0 Å². The smallest absolute Gasteiger partial charge is 0.224 e. The molecule has 0 aromatic carbocycles. The number of carbonyl (C=O) groups excluding carboxylic acids is 1. The molecule has 108 valence electrons. The molecule has 0 radical (unpaired) electrons. The summed E-state index contributed by atoms with van der Waals surface area (Å²) in [6.07, 6.45) is 2.16. The van der Waals surface area contributed by atoms with Gasteiger partial charge in [-0.3, -0.25) is 9.69 Å². The predicted molar refractivity (Wildman–Crippen MR) is 78.0 cm³/mol. The lowest BCUT2D eigenvalue weighted by Crippen LogP contribution is -2.47. The van der Waals surface area contributed by atoms with Gasteiger partial charge in [0.1, 0.15) is 0 Å². The van der Waals surface area contributed by atoms with Crippen LogP contribution in [0.2, 0.25) is 0 Å². The number of fused-ring (bicyclic) bond motifs is 1. The van der Waals surface area contributed by atoms with E-state index in [1.807, 2.05) is 0 Å². The van der Waals surface area contributed by atoms with Gasteiger partial charge in [-0.25, -0.2) is 0 Å². The number of rotatable bonds is 4. The SMILES string of the molecule is C=C(CNC(C)(C)C)CN1CCCC2C(=O)NCC21. The first-order chi connectivity index (χ1) is 8.87. The normalized spacial score (nSPS) is 28.1. The van der Waals surface area contributed by atoms with E-state index in [2.05, 4.69) is 42.9 Å². The van der Waals surface area contributed by atoms with E-state index in [0.29, 0.717) is 6.04 Å². The van der Waals surface area contributed by atoms with E-state index in [9.17, 15) is 4.79 Å². The monoisotopic (exact) mass is 265 g/mol. The molecular weight excluding hydrogens is 238 g/mol. The van der Waals surface area contributed by atoms with E-state index in [0.717, 1.165) is 39.0 Å². The minimum absolute atomic E-state index is 0.123. The van der Waals surface area contributed by atoms with Crippen LogP contribution in [0.3, 0.4) is 0 Å². The lowest BCUT2D eigenvalue weighted by atomic mass is 9.91. The molecule has 1 amide bonds. The molecule has 0 aromatic rings. The lowest BCUT2D eigenvalue weighted by molar-refractivity contribution is -0.124. The van der Waals surface area contributed by atoms with Crippen molar-refractivity contribution in [3.05, 3.63) is 12.2 Å². The molecule has 0 spiro atoms. The van der Waals surface area contributed by atoms with Gasteiger partial charge >= 0.3 is 0 Å². The summed E-state index contributed by atoms with van der Waals surface area (Å²) in [7, 11) is 0. The molecule has 2 N–H and O–H groups in total. The summed E-state index contributed by atoms with van der Waals surface area (Å²) in [5, 5.41) is 6.47. The van der Waals surface area contributed by atoms with Gasteiger partial charge in [-0.2, -0.15) is 0 Å². The Labute approximate surface area is 116 Å². The Morgan fingerprint density at radius 2 is 2.26 bits per heavy atom. The molecule has 0 aromatic heterocycles. The van der Waals surface area contributed by atoms with Gasteiger partial charge in [0.05, 0.1) is 5.92 Å². The standard InChI is InChI=1S/C15H27N3O/c1-11(8-17-15(2,3)4)10-18-7-5-6-12-13(18)9-16-14(12)19/h12-13,17H,1,5-10H2,2-4H3,(H,16,19). The van der Waals surface area contributed by atoms with Crippen LogP contribution < -0.4 is 10.6 Å². The number of carbonyl (C=O) groups is 1. The lowest BCUT2D eigenvalue weighted by Gasteiger charge is -2.36. The predicted octanol–water partition coefficient (Wildman–Crippen LogP) is 1.14. The van der Waals surface area contributed by atoms with Crippen molar-refractivity contribution in [1.29, 1.82) is 0 Å². The zero-order valence-corrected chi connectivity index (χ0v) is 12.5. The zero-order chi connectivity index (χ0) is 14.0. The number of nitrogens with one attached hydrogen (secondary N) is 2. The highest BCUT2D eigenvalue weighted by molar-refractivity contribution is 5.82. The first-order valence-electron chi connectivity index (χ1n) is 7.30. The second-order valence-electron chi connectivity index (χ2n) is 6.89. The van der Waals surface area contributed by atoms with Gasteiger partial charge in [0, 0.05) is 31.2 Å². The van der Waals surface area contributed by atoms with Crippen molar-refractivity contribution in [1.82, 2.24) is 15.5 Å². The topological polar surface area (TPSA) is 44.4 Å². The Bertz CT molecular complexity index is 359. The van der Waals surface area contributed by atoms with Crippen molar-refractivity contribution in [3.8, 4) is 0 Å². The van der Waals surface area contributed by atoms with Gasteiger partial charge in [0.15, 0.2) is 0 Å². The van der Waals surface area contributed by atoms with Crippen molar-refractivity contribution >= 4 is 5.91 Å². The second-order valence-corrected chi connectivity index (χ2v) is 6.89. The van der Waals surface area contributed by atoms with Crippen LogP contribution in [0.5, 0.6) is 0 Å². The molecule has 2 atom stereocenters. The van der Waals surface area contributed by atoms with E-state index in [4.69, 9.17) is 0 Å². The van der Waals surface area contributed by atoms with Crippen LogP contribution in [0.15, 0.2) is 12.2 Å². The van der Waals surface area contributed by atoms with Crippen LogP contribution >= 0.6 is 0 Å². The fourth-order valence-corrected chi connectivity index (χ4v) is 2.97. The Morgan fingerprint density at radius 1 is 1.53 bits per heavy atom. The quantitative estimate of drug-likeness (QED) is 0.749. The highest BCUT2D eigenvalue weighted by Crippen LogP contribution is 2.27. The van der Waals surface area contributed by atoms with Gasteiger partial charge < -0.3 is 10.6 Å². The van der Waals surface area contributed by atoms with Gasteiger partial charge in [-0.15, -0.1) is 0 Å². The molecule has 0 bridgehead atoms.